The van der Waals surface area contributed by atoms with Gasteiger partial charge in [0.2, 0.25) is 16.9 Å². The van der Waals surface area contributed by atoms with Crippen LogP contribution in [0.15, 0.2) is 97.4 Å². The number of aromatic nitrogens is 1. The van der Waals surface area contributed by atoms with Crippen molar-refractivity contribution in [2.24, 2.45) is 0 Å². The molecular formula is C39H36BrNO8S. The minimum absolute atomic E-state index is 0.0571. The van der Waals surface area contributed by atoms with Crippen LogP contribution in [-0.4, -0.2) is 52.9 Å². The van der Waals surface area contributed by atoms with Gasteiger partial charge >= 0.3 is 0 Å². The largest absolute Gasteiger partial charge is 0.496 e. The Bertz CT molecular complexity index is 2200. The van der Waals surface area contributed by atoms with Gasteiger partial charge in [-0.05, 0) is 55.0 Å². The standard InChI is InChI=1S/C39H36BrNO8S/c1-43-26-20-30(44-2)35-31(21-26)49-37(24-18-32(45-3)38(47-5)33(19-24)46-4)39(36(35)42)48-15-8-9-16-50-34-22-29(23-11-10-12-25(40)17-23)41-28-14-7-6-13-27(28)34/h6-7,10-14,17-22H,8-9,15-16H2,1-5H3. The van der Waals surface area contributed by atoms with Crippen LogP contribution >= 0.6 is 27.7 Å². The van der Waals surface area contributed by atoms with Crippen LogP contribution in [0.5, 0.6) is 34.5 Å². The lowest BCUT2D eigenvalue weighted by molar-refractivity contribution is 0.301. The molecule has 0 aliphatic rings. The lowest BCUT2D eigenvalue weighted by atomic mass is 10.1. The molecule has 0 aliphatic heterocycles. The fourth-order valence-electron chi connectivity index (χ4n) is 5.67. The van der Waals surface area contributed by atoms with Crippen molar-refractivity contribution in [1.82, 2.24) is 4.98 Å². The fraction of sp³-hybridized carbons (Fsp3) is 0.231. The molecule has 0 spiro atoms. The molecule has 2 heterocycles. The summed E-state index contributed by atoms with van der Waals surface area (Å²) in [5, 5.41) is 1.36. The lowest BCUT2D eigenvalue weighted by Crippen LogP contribution is -2.12. The van der Waals surface area contributed by atoms with E-state index in [2.05, 4.69) is 40.2 Å². The second-order valence-electron chi connectivity index (χ2n) is 11.1. The lowest BCUT2D eigenvalue weighted by Gasteiger charge is -2.17. The van der Waals surface area contributed by atoms with Crippen molar-refractivity contribution >= 4 is 49.6 Å². The van der Waals surface area contributed by atoms with Crippen molar-refractivity contribution in [2.45, 2.75) is 17.7 Å². The van der Waals surface area contributed by atoms with E-state index in [-0.39, 0.29) is 34.5 Å². The summed E-state index contributed by atoms with van der Waals surface area (Å²) >= 11 is 5.36. The van der Waals surface area contributed by atoms with Crippen LogP contribution in [0.4, 0.5) is 0 Å². The van der Waals surface area contributed by atoms with E-state index in [9.17, 15) is 4.79 Å². The quantitative estimate of drug-likeness (QED) is 0.0790. The number of halogens is 1. The summed E-state index contributed by atoms with van der Waals surface area (Å²) in [5.41, 5.74) is 3.35. The molecule has 0 bridgehead atoms. The zero-order valence-electron chi connectivity index (χ0n) is 28.3. The Balaban J connectivity index is 1.26. The van der Waals surface area contributed by atoms with Gasteiger partial charge < -0.3 is 32.8 Å². The highest BCUT2D eigenvalue weighted by Gasteiger charge is 2.24. The van der Waals surface area contributed by atoms with Crippen LogP contribution in [0.2, 0.25) is 0 Å². The first kappa shape index (κ1) is 35.0. The van der Waals surface area contributed by atoms with E-state index < -0.39 is 0 Å². The van der Waals surface area contributed by atoms with Crippen LogP contribution in [-0.2, 0) is 0 Å². The molecule has 6 rings (SSSR count). The number of fused-ring (bicyclic) bond motifs is 2. The summed E-state index contributed by atoms with van der Waals surface area (Å²) in [4.78, 5) is 20.2. The first-order valence-electron chi connectivity index (χ1n) is 15.8. The predicted octanol–water partition coefficient (Wildman–Crippen LogP) is 9.43. The van der Waals surface area contributed by atoms with Crippen LogP contribution in [0.1, 0.15) is 12.8 Å². The van der Waals surface area contributed by atoms with Crippen LogP contribution in [0.25, 0.3) is 44.5 Å². The van der Waals surface area contributed by atoms with E-state index in [1.807, 2.05) is 30.3 Å². The van der Waals surface area contributed by atoms with Gasteiger partial charge in [-0.1, -0.05) is 46.3 Å². The van der Waals surface area contributed by atoms with Crippen molar-refractivity contribution in [2.75, 3.05) is 47.9 Å². The molecule has 0 aliphatic carbocycles. The molecule has 0 N–H and O–H groups in total. The first-order valence-corrected chi connectivity index (χ1v) is 17.6. The molecule has 2 aromatic heterocycles. The Kier molecular flexibility index (Phi) is 11.0. The summed E-state index contributed by atoms with van der Waals surface area (Å²) < 4.78 is 41.4. The highest BCUT2D eigenvalue weighted by atomic mass is 79.9. The number of rotatable bonds is 14. The molecule has 50 heavy (non-hydrogen) atoms. The molecule has 258 valence electrons. The van der Waals surface area contributed by atoms with Crippen molar-refractivity contribution in [3.05, 3.63) is 93.6 Å². The van der Waals surface area contributed by atoms with Crippen LogP contribution in [0, 0.1) is 0 Å². The molecule has 4 aromatic carbocycles. The van der Waals surface area contributed by atoms with Crippen LogP contribution in [0.3, 0.4) is 0 Å². The summed E-state index contributed by atoms with van der Waals surface area (Å²) in [6.45, 7) is 0.285. The zero-order chi connectivity index (χ0) is 35.2. The van der Waals surface area contributed by atoms with Gasteiger partial charge in [0.1, 0.15) is 22.5 Å². The van der Waals surface area contributed by atoms with Gasteiger partial charge in [0.15, 0.2) is 17.3 Å². The smallest absolute Gasteiger partial charge is 0.239 e. The highest BCUT2D eigenvalue weighted by Crippen LogP contribution is 2.44. The van der Waals surface area contributed by atoms with E-state index in [0.29, 0.717) is 40.7 Å². The van der Waals surface area contributed by atoms with Gasteiger partial charge in [-0.15, -0.1) is 11.8 Å². The minimum Gasteiger partial charge on any atom is -0.496 e. The van der Waals surface area contributed by atoms with Gasteiger partial charge in [0.25, 0.3) is 0 Å². The second kappa shape index (κ2) is 15.8. The number of ether oxygens (including phenoxy) is 6. The molecule has 0 atom stereocenters. The molecular weight excluding hydrogens is 722 g/mol. The summed E-state index contributed by atoms with van der Waals surface area (Å²) in [6.07, 6.45) is 1.53. The Morgan fingerprint density at radius 2 is 1.50 bits per heavy atom. The molecule has 0 radical (unpaired) electrons. The molecule has 0 saturated heterocycles. The van der Waals surface area contributed by atoms with Crippen molar-refractivity contribution in [1.29, 1.82) is 0 Å². The van der Waals surface area contributed by atoms with Gasteiger partial charge in [-0.3, -0.25) is 4.79 Å². The summed E-state index contributed by atoms with van der Waals surface area (Å²) in [7, 11) is 7.61. The third kappa shape index (κ3) is 7.20. The Labute approximate surface area is 302 Å². The predicted molar refractivity (Wildman–Crippen MR) is 201 cm³/mol. The van der Waals surface area contributed by atoms with Crippen LogP contribution < -0.4 is 33.8 Å². The molecule has 9 nitrogen and oxygen atoms in total. The maximum atomic E-state index is 14.1. The van der Waals surface area contributed by atoms with E-state index in [1.165, 1.54) is 35.5 Å². The SMILES string of the molecule is COc1cc(OC)c2c(=O)c(OCCCCSc3cc(-c4cccc(Br)c4)nc4ccccc34)c(-c3cc(OC)c(OC)c(OC)c3)oc2c1. The number of nitrogens with zero attached hydrogens (tertiary/aromatic N) is 1. The van der Waals surface area contributed by atoms with Gasteiger partial charge in [-0.25, -0.2) is 4.98 Å². The number of benzene rings is 4. The minimum atomic E-state index is -0.368. The van der Waals surface area contributed by atoms with Gasteiger partial charge in [0, 0.05) is 38.0 Å². The van der Waals surface area contributed by atoms with E-state index >= 15 is 0 Å². The van der Waals surface area contributed by atoms with E-state index in [0.717, 1.165) is 43.7 Å². The Morgan fingerprint density at radius 1 is 0.740 bits per heavy atom. The van der Waals surface area contributed by atoms with Gasteiger partial charge in [0.05, 0.1) is 53.4 Å². The molecule has 0 saturated carbocycles. The molecule has 0 unspecified atom stereocenters. The zero-order valence-corrected chi connectivity index (χ0v) is 30.7. The van der Waals surface area contributed by atoms with Crippen molar-refractivity contribution < 1.29 is 32.8 Å². The number of para-hydroxylation sites is 1. The number of thioether (sulfide) groups is 1. The third-order valence-corrected chi connectivity index (χ3v) is 9.75. The maximum Gasteiger partial charge on any atom is 0.239 e. The fourth-order valence-corrected chi connectivity index (χ4v) is 7.16. The molecule has 0 fully saturated rings. The van der Waals surface area contributed by atoms with Gasteiger partial charge in [-0.2, -0.15) is 0 Å². The van der Waals surface area contributed by atoms with Crippen molar-refractivity contribution in [3.8, 4) is 57.1 Å². The number of hydrogen-bond acceptors (Lipinski definition) is 10. The third-order valence-electron chi connectivity index (χ3n) is 8.11. The molecule has 11 heteroatoms. The summed E-state index contributed by atoms with van der Waals surface area (Å²) in [5.74, 6) is 3.13. The summed E-state index contributed by atoms with van der Waals surface area (Å²) in [6, 6.07) is 25.2. The second-order valence-corrected chi connectivity index (χ2v) is 13.2. The molecule has 0 amide bonds. The topological polar surface area (TPSA) is 98.5 Å². The number of methoxy groups -OCH3 is 5. The number of hydrogen-bond donors (Lipinski definition) is 0. The maximum absolute atomic E-state index is 14.1. The Morgan fingerprint density at radius 3 is 2.20 bits per heavy atom. The van der Waals surface area contributed by atoms with E-state index in [4.69, 9.17) is 37.8 Å². The number of pyridine rings is 1. The monoisotopic (exact) mass is 757 g/mol. The average Bonchev–Trinajstić information content (AvgIpc) is 3.15. The Hall–Kier alpha value is -4.87. The van der Waals surface area contributed by atoms with Crippen molar-refractivity contribution in [3.63, 3.8) is 0 Å². The average molecular weight is 759 g/mol. The molecule has 6 aromatic rings. The van der Waals surface area contributed by atoms with E-state index in [1.54, 1.807) is 36.0 Å². The highest BCUT2D eigenvalue weighted by molar-refractivity contribution is 9.10. The first-order chi connectivity index (χ1) is 24.4. The normalized spacial score (nSPS) is 11.1. The number of unbranched alkanes of at least 4 members (excludes halogenated alkanes) is 1.